The second kappa shape index (κ2) is 6.39. The molecule has 1 aliphatic carbocycles. The number of hydrogen-bond acceptors (Lipinski definition) is 1. The van der Waals surface area contributed by atoms with Crippen LogP contribution >= 0.6 is 0 Å². The van der Waals surface area contributed by atoms with Gasteiger partial charge in [0.25, 0.3) is 0 Å². The Morgan fingerprint density at radius 2 is 2.14 bits per heavy atom. The summed E-state index contributed by atoms with van der Waals surface area (Å²) in [5.41, 5.74) is 3.66. The zero-order valence-electron chi connectivity index (χ0n) is 13.4. The Morgan fingerprint density at radius 3 is 2.91 bits per heavy atom. The van der Waals surface area contributed by atoms with E-state index in [1.165, 1.54) is 29.3 Å². The van der Waals surface area contributed by atoms with Crippen molar-refractivity contribution in [2.45, 2.75) is 45.1 Å². The van der Waals surface area contributed by atoms with Crippen molar-refractivity contribution in [1.82, 2.24) is 9.88 Å². The molecule has 0 bridgehead atoms. The Hall–Kier alpha value is -2.03. The monoisotopic (exact) mass is 296 g/mol. The highest BCUT2D eigenvalue weighted by molar-refractivity contribution is 5.89. The molecule has 1 N–H and O–H groups in total. The summed E-state index contributed by atoms with van der Waals surface area (Å²) >= 11 is 0. The molecule has 0 spiro atoms. The van der Waals surface area contributed by atoms with Gasteiger partial charge in [-0.2, -0.15) is 0 Å². The predicted octanol–water partition coefficient (Wildman–Crippen LogP) is 3.73. The Kier molecular flexibility index (Phi) is 4.32. The second-order valence-corrected chi connectivity index (χ2v) is 6.27. The van der Waals surface area contributed by atoms with E-state index >= 15 is 0 Å². The molecule has 1 aromatic heterocycles. The number of amides is 1. The van der Waals surface area contributed by atoms with E-state index in [0.29, 0.717) is 6.42 Å². The van der Waals surface area contributed by atoms with Crippen LogP contribution in [0.1, 0.15) is 38.2 Å². The number of aromatic nitrogens is 1. The predicted molar refractivity (Wildman–Crippen MR) is 90.8 cm³/mol. The topological polar surface area (TPSA) is 34.0 Å². The number of fused-ring (bicyclic) bond motifs is 1. The Bertz CT molecular complexity index is 711. The fraction of sp³-hybridized carbons (Fsp3) is 0.421. The summed E-state index contributed by atoms with van der Waals surface area (Å²) in [6, 6.07) is 8.39. The van der Waals surface area contributed by atoms with Gasteiger partial charge in [-0.3, -0.25) is 4.79 Å². The molecule has 1 aromatic carbocycles. The second-order valence-electron chi connectivity index (χ2n) is 6.27. The van der Waals surface area contributed by atoms with E-state index in [1.54, 1.807) is 0 Å². The number of nitrogens with zero attached hydrogens (tertiary/aromatic N) is 1. The van der Waals surface area contributed by atoms with E-state index in [2.05, 4.69) is 41.2 Å². The lowest BCUT2D eigenvalue weighted by atomic mass is 9.94. The van der Waals surface area contributed by atoms with Gasteiger partial charge in [-0.25, -0.2) is 0 Å². The molecule has 0 fully saturated rings. The van der Waals surface area contributed by atoms with Crippen molar-refractivity contribution in [3.05, 3.63) is 47.7 Å². The van der Waals surface area contributed by atoms with Crippen molar-refractivity contribution >= 4 is 16.8 Å². The molecule has 0 radical (unpaired) electrons. The lowest BCUT2D eigenvalue weighted by molar-refractivity contribution is -0.120. The molecule has 1 unspecified atom stereocenters. The zero-order valence-corrected chi connectivity index (χ0v) is 13.4. The number of carbonyl (C=O) groups is 1. The van der Waals surface area contributed by atoms with Crippen molar-refractivity contribution in [2.75, 3.05) is 0 Å². The summed E-state index contributed by atoms with van der Waals surface area (Å²) in [5.74, 6) is 0.107. The fourth-order valence-electron chi connectivity index (χ4n) is 3.38. The first-order chi connectivity index (χ1) is 10.6. The summed E-state index contributed by atoms with van der Waals surface area (Å²) in [6.45, 7) is 2.10. The van der Waals surface area contributed by atoms with Gasteiger partial charge in [0, 0.05) is 30.2 Å². The summed E-state index contributed by atoms with van der Waals surface area (Å²) in [7, 11) is 2.03. The van der Waals surface area contributed by atoms with Crippen molar-refractivity contribution in [1.29, 1.82) is 0 Å². The Balaban J connectivity index is 1.69. The third-order valence-electron chi connectivity index (χ3n) is 4.59. The summed E-state index contributed by atoms with van der Waals surface area (Å²) in [5, 5.41) is 4.33. The number of carbonyl (C=O) groups excluding carboxylic acids is 1. The van der Waals surface area contributed by atoms with Gasteiger partial charge in [-0.05, 0) is 44.2 Å². The third-order valence-corrected chi connectivity index (χ3v) is 4.59. The van der Waals surface area contributed by atoms with Crippen molar-refractivity contribution < 1.29 is 4.79 Å². The first-order valence-corrected chi connectivity index (χ1v) is 8.16. The van der Waals surface area contributed by atoms with Gasteiger partial charge < -0.3 is 9.88 Å². The Morgan fingerprint density at radius 1 is 1.32 bits per heavy atom. The average Bonchev–Trinajstić information content (AvgIpc) is 2.85. The number of allylic oxidation sites excluding steroid dienone is 1. The largest absolute Gasteiger partial charge is 0.350 e. The van der Waals surface area contributed by atoms with Crippen LogP contribution in [-0.4, -0.2) is 16.5 Å². The molecule has 1 aliphatic rings. The van der Waals surface area contributed by atoms with Crippen LogP contribution in [0.5, 0.6) is 0 Å². The minimum Gasteiger partial charge on any atom is -0.350 e. The van der Waals surface area contributed by atoms with E-state index in [4.69, 9.17) is 0 Å². The summed E-state index contributed by atoms with van der Waals surface area (Å²) < 4.78 is 2.09. The van der Waals surface area contributed by atoms with Crippen LogP contribution in [0.4, 0.5) is 0 Å². The van der Waals surface area contributed by atoms with Crippen LogP contribution in [0.2, 0.25) is 0 Å². The number of aryl methyl sites for hydroxylation is 1. The SMILES string of the molecule is CC(NC(=O)Cc1cn(C)c2ccccc12)C1=CCCCC1. The fourth-order valence-corrected chi connectivity index (χ4v) is 3.38. The number of benzene rings is 1. The first kappa shape index (κ1) is 14.9. The molecule has 2 aromatic rings. The molecule has 3 rings (SSSR count). The molecule has 3 nitrogen and oxygen atoms in total. The van der Waals surface area contributed by atoms with Crippen molar-refractivity contribution in [2.24, 2.45) is 7.05 Å². The molecule has 0 aliphatic heterocycles. The molecular formula is C19H24N2O. The van der Waals surface area contributed by atoms with Crippen LogP contribution in [0.15, 0.2) is 42.1 Å². The highest BCUT2D eigenvalue weighted by Gasteiger charge is 2.16. The smallest absolute Gasteiger partial charge is 0.224 e. The summed E-state index contributed by atoms with van der Waals surface area (Å²) in [6.07, 6.45) is 9.60. The number of nitrogens with one attached hydrogen (secondary N) is 1. The van der Waals surface area contributed by atoms with E-state index in [0.717, 1.165) is 18.4 Å². The van der Waals surface area contributed by atoms with Gasteiger partial charge in [0.1, 0.15) is 0 Å². The number of para-hydroxylation sites is 1. The van der Waals surface area contributed by atoms with Gasteiger partial charge in [0.05, 0.1) is 6.42 Å². The van der Waals surface area contributed by atoms with Crippen molar-refractivity contribution in [3.63, 3.8) is 0 Å². The van der Waals surface area contributed by atoms with E-state index in [1.807, 2.05) is 19.2 Å². The molecule has 1 amide bonds. The maximum atomic E-state index is 12.4. The molecule has 116 valence electrons. The van der Waals surface area contributed by atoms with Crippen LogP contribution in [0.3, 0.4) is 0 Å². The molecule has 22 heavy (non-hydrogen) atoms. The average molecular weight is 296 g/mol. The molecular weight excluding hydrogens is 272 g/mol. The minimum absolute atomic E-state index is 0.107. The molecule has 1 heterocycles. The normalized spacial score (nSPS) is 16.4. The van der Waals surface area contributed by atoms with Gasteiger partial charge in [0.15, 0.2) is 0 Å². The lowest BCUT2D eigenvalue weighted by Crippen LogP contribution is -2.35. The van der Waals surface area contributed by atoms with E-state index in [9.17, 15) is 4.79 Å². The van der Waals surface area contributed by atoms with Gasteiger partial charge in [0.2, 0.25) is 5.91 Å². The lowest BCUT2D eigenvalue weighted by Gasteiger charge is -2.20. The van der Waals surface area contributed by atoms with Gasteiger partial charge >= 0.3 is 0 Å². The van der Waals surface area contributed by atoms with Crippen molar-refractivity contribution in [3.8, 4) is 0 Å². The maximum Gasteiger partial charge on any atom is 0.224 e. The first-order valence-electron chi connectivity index (χ1n) is 8.16. The Labute approximate surface area is 132 Å². The number of rotatable bonds is 4. The van der Waals surface area contributed by atoms with Gasteiger partial charge in [-0.1, -0.05) is 29.8 Å². The van der Waals surface area contributed by atoms with Crippen LogP contribution in [-0.2, 0) is 18.3 Å². The third kappa shape index (κ3) is 3.08. The standard InChI is InChI=1S/C19H24N2O/c1-14(15-8-4-3-5-9-15)20-19(22)12-16-13-21(2)18-11-7-6-10-17(16)18/h6-8,10-11,13-14H,3-5,9,12H2,1-2H3,(H,20,22). The minimum atomic E-state index is 0.107. The molecule has 3 heteroatoms. The van der Waals surface area contributed by atoms with Crippen LogP contribution in [0.25, 0.3) is 10.9 Å². The maximum absolute atomic E-state index is 12.4. The van der Waals surface area contributed by atoms with E-state index < -0.39 is 0 Å². The van der Waals surface area contributed by atoms with E-state index in [-0.39, 0.29) is 11.9 Å². The highest BCUT2D eigenvalue weighted by atomic mass is 16.1. The van der Waals surface area contributed by atoms with Gasteiger partial charge in [-0.15, -0.1) is 0 Å². The van der Waals surface area contributed by atoms with Crippen LogP contribution < -0.4 is 5.32 Å². The quantitative estimate of drug-likeness (QED) is 0.857. The number of hydrogen-bond donors (Lipinski definition) is 1. The molecule has 1 atom stereocenters. The molecule has 0 saturated heterocycles. The highest BCUT2D eigenvalue weighted by Crippen LogP contribution is 2.22. The van der Waals surface area contributed by atoms with Crippen LogP contribution in [0, 0.1) is 0 Å². The molecule has 0 saturated carbocycles. The zero-order chi connectivity index (χ0) is 15.5. The summed E-state index contributed by atoms with van der Waals surface area (Å²) in [4.78, 5) is 12.4.